The summed E-state index contributed by atoms with van der Waals surface area (Å²) in [4.78, 5) is 48.6. The van der Waals surface area contributed by atoms with Crippen LogP contribution in [0.5, 0.6) is 0 Å². The minimum absolute atomic E-state index is 0.113. The van der Waals surface area contributed by atoms with Gasteiger partial charge in [-0.25, -0.2) is 4.98 Å². The number of nitrogens with one attached hydrogen (secondary N) is 1. The Balaban J connectivity index is 1.43. The molecule has 1 aromatic heterocycles. The van der Waals surface area contributed by atoms with Crippen LogP contribution in [0.3, 0.4) is 0 Å². The van der Waals surface area contributed by atoms with E-state index in [1.807, 2.05) is 16.7 Å². The number of likely N-dealkylation sites (tertiary alicyclic amines) is 2. The minimum atomic E-state index is -0.113. The third-order valence-corrected chi connectivity index (χ3v) is 6.56. The summed E-state index contributed by atoms with van der Waals surface area (Å²) in [6.45, 7) is 4.97. The van der Waals surface area contributed by atoms with Crippen LogP contribution in [0.25, 0.3) is 0 Å². The molecular weight excluding hydrogens is 368 g/mol. The second kappa shape index (κ2) is 8.67. The van der Waals surface area contributed by atoms with Crippen molar-refractivity contribution < 1.29 is 9.59 Å². The molecule has 2 aliphatic heterocycles. The average molecular weight is 401 g/mol. The second-order valence-corrected chi connectivity index (χ2v) is 8.86. The van der Waals surface area contributed by atoms with Crippen LogP contribution in [-0.4, -0.2) is 57.8 Å². The summed E-state index contributed by atoms with van der Waals surface area (Å²) in [5.74, 6) is 1.84. The van der Waals surface area contributed by atoms with Gasteiger partial charge in [0, 0.05) is 56.4 Å². The normalized spacial score (nSPS) is 23.3. The van der Waals surface area contributed by atoms with E-state index in [1.165, 1.54) is 0 Å². The summed E-state index contributed by atoms with van der Waals surface area (Å²) < 4.78 is 0. The van der Waals surface area contributed by atoms with Crippen LogP contribution in [0.15, 0.2) is 10.9 Å². The van der Waals surface area contributed by atoms with E-state index in [-0.39, 0.29) is 29.2 Å². The number of hydrogen-bond donors (Lipinski definition) is 1. The van der Waals surface area contributed by atoms with Gasteiger partial charge in [-0.05, 0) is 44.9 Å². The van der Waals surface area contributed by atoms with Gasteiger partial charge in [0.15, 0.2) is 0 Å². The second-order valence-electron chi connectivity index (χ2n) is 8.86. The van der Waals surface area contributed by atoms with Crippen molar-refractivity contribution in [1.82, 2.24) is 19.8 Å². The maximum atomic E-state index is 12.3. The zero-order valence-corrected chi connectivity index (χ0v) is 17.4. The number of H-pyrrole nitrogens is 1. The number of carbonyl (C=O) groups excluding carboxylic acids is 2. The fourth-order valence-corrected chi connectivity index (χ4v) is 4.68. The molecule has 0 radical (unpaired) electrons. The monoisotopic (exact) mass is 400 g/mol. The summed E-state index contributed by atoms with van der Waals surface area (Å²) in [5.41, 5.74) is 0.702. The van der Waals surface area contributed by atoms with Crippen molar-refractivity contribution >= 4 is 11.8 Å². The Labute approximate surface area is 171 Å². The first-order chi connectivity index (χ1) is 14.0. The van der Waals surface area contributed by atoms with E-state index in [9.17, 15) is 14.4 Å². The molecule has 0 aromatic carbocycles. The van der Waals surface area contributed by atoms with Crippen molar-refractivity contribution in [2.45, 2.75) is 70.1 Å². The molecule has 29 heavy (non-hydrogen) atoms. The molecule has 3 fully saturated rings. The molecule has 4 rings (SSSR count). The molecule has 7 heteroatoms. The SMILES string of the molecule is CCCC(=O)N1CCC[C@H](c2cc(=O)[nH]c(C3CCN(C(=O)C4CC4)CC3)n2)C1. The van der Waals surface area contributed by atoms with Crippen molar-refractivity contribution in [3.8, 4) is 0 Å². The molecule has 1 aliphatic carbocycles. The summed E-state index contributed by atoms with van der Waals surface area (Å²) in [7, 11) is 0. The van der Waals surface area contributed by atoms with Gasteiger partial charge in [-0.3, -0.25) is 14.4 Å². The van der Waals surface area contributed by atoms with Crippen LogP contribution in [-0.2, 0) is 9.59 Å². The van der Waals surface area contributed by atoms with Crippen molar-refractivity contribution in [3.05, 3.63) is 27.9 Å². The molecule has 158 valence electrons. The Kier molecular flexibility index (Phi) is 6.01. The van der Waals surface area contributed by atoms with Gasteiger partial charge < -0.3 is 14.8 Å². The molecule has 0 bridgehead atoms. The fraction of sp³-hybridized carbons (Fsp3) is 0.727. The van der Waals surface area contributed by atoms with E-state index in [0.29, 0.717) is 18.9 Å². The number of aromatic amines is 1. The summed E-state index contributed by atoms with van der Waals surface area (Å²) in [5, 5.41) is 0. The van der Waals surface area contributed by atoms with E-state index in [0.717, 1.165) is 76.1 Å². The Morgan fingerprint density at radius 2 is 1.83 bits per heavy atom. The lowest BCUT2D eigenvalue weighted by molar-refractivity contribution is -0.134. The maximum Gasteiger partial charge on any atom is 0.251 e. The van der Waals surface area contributed by atoms with Gasteiger partial charge in [0.05, 0.1) is 5.69 Å². The smallest absolute Gasteiger partial charge is 0.251 e. The third kappa shape index (κ3) is 4.70. The molecule has 1 aromatic rings. The lowest BCUT2D eigenvalue weighted by atomic mass is 9.92. The largest absolute Gasteiger partial charge is 0.342 e. The number of amides is 2. The van der Waals surface area contributed by atoms with Gasteiger partial charge in [0.1, 0.15) is 5.82 Å². The highest BCUT2D eigenvalue weighted by molar-refractivity contribution is 5.81. The van der Waals surface area contributed by atoms with Crippen LogP contribution in [0, 0.1) is 5.92 Å². The van der Waals surface area contributed by atoms with E-state index < -0.39 is 0 Å². The quantitative estimate of drug-likeness (QED) is 0.822. The number of nitrogens with zero attached hydrogens (tertiary/aromatic N) is 3. The van der Waals surface area contributed by atoms with Crippen LogP contribution < -0.4 is 5.56 Å². The first kappa shape index (κ1) is 20.1. The minimum Gasteiger partial charge on any atom is -0.342 e. The van der Waals surface area contributed by atoms with E-state index in [1.54, 1.807) is 6.07 Å². The molecule has 0 unspecified atom stereocenters. The Bertz CT molecular complexity index is 809. The lowest BCUT2D eigenvalue weighted by Crippen LogP contribution is -2.40. The van der Waals surface area contributed by atoms with Crippen LogP contribution in [0.1, 0.15) is 81.6 Å². The number of aromatic nitrogens is 2. The zero-order valence-electron chi connectivity index (χ0n) is 17.4. The number of piperidine rings is 2. The van der Waals surface area contributed by atoms with Gasteiger partial charge in [-0.15, -0.1) is 0 Å². The van der Waals surface area contributed by atoms with Crippen molar-refractivity contribution in [2.24, 2.45) is 5.92 Å². The predicted molar refractivity (Wildman–Crippen MR) is 110 cm³/mol. The van der Waals surface area contributed by atoms with E-state index in [2.05, 4.69) is 4.98 Å². The van der Waals surface area contributed by atoms with Crippen LogP contribution in [0.4, 0.5) is 0 Å². The van der Waals surface area contributed by atoms with Gasteiger partial charge in [0.2, 0.25) is 11.8 Å². The van der Waals surface area contributed by atoms with Crippen molar-refractivity contribution in [1.29, 1.82) is 0 Å². The molecule has 1 atom stereocenters. The molecule has 1 saturated carbocycles. The number of carbonyl (C=O) groups is 2. The summed E-state index contributed by atoms with van der Waals surface area (Å²) in [6, 6.07) is 1.60. The molecule has 3 heterocycles. The van der Waals surface area contributed by atoms with E-state index in [4.69, 9.17) is 4.98 Å². The van der Waals surface area contributed by atoms with Crippen LogP contribution >= 0.6 is 0 Å². The predicted octanol–water partition coefficient (Wildman–Crippen LogP) is 2.39. The van der Waals surface area contributed by atoms with Gasteiger partial charge in [-0.1, -0.05) is 6.92 Å². The Morgan fingerprint density at radius 3 is 2.52 bits per heavy atom. The molecular formula is C22H32N4O3. The topological polar surface area (TPSA) is 86.4 Å². The molecule has 2 amide bonds. The average Bonchev–Trinajstić information content (AvgIpc) is 3.59. The first-order valence-corrected chi connectivity index (χ1v) is 11.2. The fourth-order valence-electron chi connectivity index (χ4n) is 4.68. The number of hydrogen-bond acceptors (Lipinski definition) is 4. The van der Waals surface area contributed by atoms with Gasteiger partial charge in [-0.2, -0.15) is 0 Å². The first-order valence-electron chi connectivity index (χ1n) is 11.2. The highest BCUT2D eigenvalue weighted by Crippen LogP contribution is 2.34. The summed E-state index contributed by atoms with van der Waals surface area (Å²) in [6.07, 6.45) is 7.11. The third-order valence-electron chi connectivity index (χ3n) is 6.56. The van der Waals surface area contributed by atoms with Crippen molar-refractivity contribution in [2.75, 3.05) is 26.2 Å². The molecule has 2 saturated heterocycles. The summed E-state index contributed by atoms with van der Waals surface area (Å²) >= 11 is 0. The highest BCUT2D eigenvalue weighted by Gasteiger charge is 2.35. The van der Waals surface area contributed by atoms with Gasteiger partial charge in [0.25, 0.3) is 5.56 Å². The van der Waals surface area contributed by atoms with Crippen LogP contribution in [0.2, 0.25) is 0 Å². The molecule has 3 aliphatic rings. The Morgan fingerprint density at radius 1 is 1.07 bits per heavy atom. The maximum absolute atomic E-state index is 12.3. The van der Waals surface area contributed by atoms with Crippen molar-refractivity contribution in [3.63, 3.8) is 0 Å². The Hall–Kier alpha value is -2.18. The molecule has 1 N–H and O–H groups in total. The lowest BCUT2D eigenvalue weighted by Gasteiger charge is -2.33. The molecule has 7 nitrogen and oxygen atoms in total. The standard InChI is InChI=1S/C22H32N4O3/c1-2-4-20(28)26-10-3-5-17(14-26)18-13-19(27)24-21(23-18)15-8-11-25(12-9-15)22(29)16-6-7-16/h13,15-17H,2-12,14H2,1H3,(H,23,24,27)/t17-/m0/s1. The number of rotatable bonds is 5. The zero-order chi connectivity index (χ0) is 20.4. The van der Waals surface area contributed by atoms with E-state index >= 15 is 0 Å². The molecule has 0 spiro atoms. The highest BCUT2D eigenvalue weighted by atomic mass is 16.2. The van der Waals surface area contributed by atoms with Gasteiger partial charge >= 0.3 is 0 Å².